The second-order valence-corrected chi connectivity index (χ2v) is 4.41. The maximum absolute atomic E-state index is 11.9. The van der Waals surface area contributed by atoms with Gasteiger partial charge in [0.25, 0.3) is 0 Å². The summed E-state index contributed by atoms with van der Waals surface area (Å²) < 4.78 is 0. The Kier molecular flexibility index (Phi) is 2.16. The molecule has 1 aromatic rings. The number of hydrogen-bond donors (Lipinski definition) is 1. The maximum Gasteiger partial charge on any atom is 0.242 e. The molecule has 1 unspecified atom stereocenters. The zero-order chi connectivity index (χ0) is 12.0. The van der Waals surface area contributed by atoms with E-state index < -0.39 is 0 Å². The molecule has 1 aromatic carbocycles. The highest BCUT2D eigenvalue weighted by Gasteiger charge is 2.44. The van der Waals surface area contributed by atoms with Gasteiger partial charge < -0.3 is 5.11 Å². The third kappa shape index (κ3) is 1.59. The number of nitrogens with zero attached hydrogens (tertiary/aromatic N) is 2. The zero-order valence-corrected chi connectivity index (χ0v) is 9.17. The molecular weight excluding hydrogens is 220 g/mol. The number of amides is 1. The van der Waals surface area contributed by atoms with E-state index in [-0.39, 0.29) is 30.2 Å². The van der Waals surface area contributed by atoms with Crippen molar-refractivity contribution in [3.63, 3.8) is 0 Å². The normalized spacial score (nSPS) is 24.5. The van der Waals surface area contributed by atoms with Gasteiger partial charge in [-0.15, -0.1) is 0 Å². The van der Waals surface area contributed by atoms with E-state index in [1.54, 1.807) is 29.2 Å². The van der Waals surface area contributed by atoms with Crippen LogP contribution in [0.3, 0.4) is 0 Å². The lowest BCUT2D eigenvalue weighted by Crippen LogP contribution is -2.35. The summed E-state index contributed by atoms with van der Waals surface area (Å²) in [6, 6.07) is 6.56. The summed E-state index contributed by atoms with van der Waals surface area (Å²) in [5.74, 6) is 0.263. The molecule has 0 bridgehead atoms. The molecule has 3 rings (SSSR count). The van der Waals surface area contributed by atoms with Crippen LogP contribution in [0.1, 0.15) is 6.42 Å². The summed E-state index contributed by atoms with van der Waals surface area (Å²) in [6.45, 7) is 0.637. The van der Waals surface area contributed by atoms with E-state index in [9.17, 15) is 14.7 Å². The van der Waals surface area contributed by atoms with Gasteiger partial charge in [-0.05, 0) is 12.1 Å². The van der Waals surface area contributed by atoms with Crippen molar-refractivity contribution in [3.8, 4) is 5.75 Å². The summed E-state index contributed by atoms with van der Waals surface area (Å²) in [7, 11) is 0. The fourth-order valence-electron chi connectivity index (χ4n) is 2.52. The molecule has 1 atom stereocenters. The van der Waals surface area contributed by atoms with Crippen molar-refractivity contribution < 1.29 is 14.7 Å². The Morgan fingerprint density at radius 2 is 2.06 bits per heavy atom. The highest BCUT2D eigenvalue weighted by atomic mass is 16.3. The number of carbonyl (C=O) groups is 2. The minimum absolute atomic E-state index is 0.0203. The number of carbonyl (C=O) groups excluding carboxylic acids is 2. The number of aromatic hydroxyl groups is 1. The molecular formula is C12H12N2O3. The highest BCUT2D eigenvalue weighted by molar-refractivity contribution is 6.00. The Hall–Kier alpha value is -1.88. The van der Waals surface area contributed by atoms with E-state index in [1.807, 2.05) is 4.90 Å². The van der Waals surface area contributed by atoms with Crippen LogP contribution in [0.25, 0.3) is 0 Å². The summed E-state index contributed by atoms with van der Waals surface area (Å²) in [5.41, 5.74) is 0.650. The Bertz CT molecular complexity index is 500. The zero-order valence-electron chi connectivity index (χ0n) is 9.17. The van der Waals surface area contributed by atoms with Gasteiger partial charge in [-0.3, -0.25) is 19.4 Å². The van der Waals surface area contributed by atoms with Gasteiger partial charge in [0.1, 0.15) is 11.5 Å². The lowest BCUT2D eigenvalue weighted by Gasteiger charge is -2.23. The predicted molar refractivity (Wildman–Crippen MR) is 60.6 cm³/mol. The van der Waals surface area contributed by atoms with E-state index in [0.717, 1.165) is 0 Å². The van der Waals surface area contributed by atoms with Crippen LogP contribution in [0, 0.1) is 0 Å². The van der Waals surface area contributed by atoms with Gasteiger partial charge in [0.05, 0.1) is 19.3 Å². The van der Waals surface area contributed by atoms with Crippen molar-refractivity contribution in [3.05, 3.63) is 24.3 Å². The average molecular weight is 232 g/mol. The molecule has 5 heteroatoms. The third-order valence-electron chi connectivity index (χ3n) is 3.22. The van der Waals surface area contributed by atoms with E-state index in [1.165, 1.54) is 0 Å². The minimum Gasteiger partial charge on any atom is -0.508 e. The van der Waals surface area contributed by atoms with Crippen molar-refractivity contribution in [2.75, 3.05) is 18.0 Å². The number of rotatable bonds is 1. The number of hydrogen-bond acceptors (Lipinski definition) is 4. The fourth-order valence-corrected chi connectivity index (χ4v) is 2.52. The minimum atomic E-state index is -0.170. The van der Waals surface area contributed by atoms with Gasteiger partial charge in [-0.2, -0.15) is 0 Å². The molecule has 2 heterocycles. The topological polar surface area (TPSA) is 60.9 Å². The van der Waals surface area contributed by atoms with Crippen LogP contribution in [-0.2, 0) is 9.59 Å². The molecule has 2 fully saturated rings. The molecule has 2 aliphatic rings. The van der Waals surface area contributed by atoms with Gasteiger partial charge in [-0.25, -0.2) is 0 Å². The first-order chi connectivity index (χ1) is 8.15. The molecule has 1 N–H and O–H groups in total. The summed E-state index contributed by atoms with van der Waals surface area (Å²) >= 11 is 0. The van der Waals surface area contributed by atoms with E-state index in [0.29, 0.717) is 18.7 Å². The number of ketones is 1. The van der Waals surface area contributed by atoms with Crippen molar-refractivity contribution >= 4 is 17.4 Å². The van der Waals surface area contributed by atoms with Gasteiger partial charge in [-0.1, -0.05) is 6.07 Å². The highest BCUT2D eigenvalue weighted by Crippen LogP contribution is 2.31. The van der Waals surface area contributed by atoms with Crippen molar-refractivity contribution in [2.45, 2.75) is 12.6 Å². The van der Waals surface area contributed by atoms with Crippen molar-refractivity contribution in [2.24, 2.45) is 0 Å². The summed E-state index contributed by atoms with van der Waals surface area (Å²) in [5, 5.41) is 9.43. The van der Waals surface area contributed by atoms with E-state index in [4.69, 9.17) is 0 Å². The van der Waals surface area contributed by atoms with Crippen LogP contribution in [0.15, 0.2) is 24.3 Å². The maximum atomic E-state index is 11.9. The molecule has 0 aromatic heterocycles. The number of phenolic OH excluding ortho intramolecular Hbond substituents is 1. The van der Waals surface area contributed by atoms with Crippen LogP contribution >= 0.6 is 0 Å². The van der Waals surface area contributed by atoms with Gasteiger partial charge >= 0.3 is 0 Å². The Morgan fingerprint density at radius 1 is 1.24 bits per heavy atom. The number of Topliss-reactive ketones (excluding diaryl/α,β-unsaturated/α-hetero) is 1. The standard InChI is InChI=1S/C12H12N2O3/c15-9-3-1-2-8(4-9)14-11-5-10(16)6-13(11)7-12(14)17/h1-4,11,15H,5-7H2. The first-order valence-electron chi connectivity index (χ1n) is 5.52. The molecule has 0 saturated carbocycles. The molecule has 0 aliphatic carbocycles. The van der Waals surface area contributed by atoms with Crippen LogP contribution in [0.5, 0.6) is 5.75 Å². The van der Waals surface area contributed by atoms with Crippen LogP contribution in [0.2, 0.25) is 0 Å². The van der Waals surface area contributed by atoms with E-state index in [2.05, 4.69) is 0 Å². The van der Waals surface area contributed by atoms with Crippen molar-refractivity contribution in [1.29, 1.82) is 0 Å². The molecule has 0 spiro atoms. The molecule has 88 valence electrons. The molecule has 17 heavy (non-hydrogen) atoms. The largest absolute Gasteiger partial charge is 0.508 e. The lowest BCUT2D eigenvalue weighted by atomic mass is 10.2. The van der Waals surface area contributed by atoms with Gasteiger partial charge in [0, 0.05) is 18.2 Å². The second kappa shape index (κ2) is 3.56. The quantitative estimate of drug-likeness (QED) is 0.758. The second-order valence-electron chi connectivity index (χ2n) is 4.41. The molecule has 0 radical (unpaired) electrons. The molecule has 2 aliphatic heterocycles. The molecule has 2 saturated heterocycles. The Balaban J connectivity index is 1.96. The SMILES string of the molecule is O=C1CC2N(C1)CC(=O)N2c1cccc(O)c1. The molecule has 1 amide bonds. The first kappa shape index (κ1) is 10.3. The number of phenols is 1. The van der Waals surface area contributed by atoms with Gasteiger partial charge in [0.15, 0.2) is 0 Å². The van der Waals surface area contributed by atoms with E-state index >= 15 is 0 Å². The van der Waals surface area contributed by atoms with Crippen molar-refractivity contribution in [1.82, 2.24) is 4.90 Å². The number of fused-ring (bicyclic) bond motifs is 1. The fraction of sp³-hybridized carbons (Fsp3) is 0.333. The lowest BCUT2D eigenvalue weighted by molar-refractivity contribution is -0.118. The first-order valence-corrected chi connectivity index (χ1v) is 5.52. The predicted octanol–water partition coefficient (Wildman–Crippen LogP) is 0.340. The summed E-state index contributed by atoms with van der Waals surface area (Å²) in [4.78, 5) is 26.7. The monoisotopic (exact) mass is 232 g/mol. The third-order valence-corrected chi connectivity index (χ3v) is 3.22. The number of anilines is 1. The van der Waals surface area contributed by atoms with Gasteiger partial charge in [0.2, 0.25) is 5.91 Å². The Labute approximate surface area is 98.2 Å². The smallest absolute Gasteiger partial charge is 0.242 e. The molecule has 5 nitrogen and oxygen atoms in total. The Morgan fingerprint density at radius 3 is 2.82 bits per heavy atom. The van der Waals surface area contributed by atoms with Crippen LogP contribution in [-0.4, -0.2) is 41.0 Å². The summed E-state index contributed by atoms with van der Waals surface area (Å²) in [6.07, 6.45) is 0.207. The van der Waals surface area contributed by atoms with Crippen LogP contribution < -0.4 is 4.90 Å². The number of benzene rings is 1. The van der Waals surface area contributed by atoms with Crippen LogP contribution in [0.4, 0.5) is 5.69 Å². The average Bonchev–Trinajstić information content (AvgIpc) is 2.72.